The number of alkyl halides is 3. The molecule has 35 heavy (non-hydrogen) atoms. The van der Waals surface area contributed by atoms with Gasteiger partial charge in [0.05, 0.1) is 30.9 Å². The Kier molecular flexibility index (Phi) is 7.90. The van der Waals surface area contributed by atoms with Crippen molar-refractivity contribution < 1.29 is 37.0 Å². The first kappa shape index (κ1) is 26.3. The Morgan fingerprint density at radius 1 is 1.00 bits per heavy atom. The first-order valence-electron chi connectivity index (χ1n) is 10.5. The summed E-state index contributed by atoms with van der Waals surface area (Å²) in [7, 11) is 2.73. The van der Waals surface area contributed by atoms with Crippen molar-refractivity contribution in [2.45, 2.75) is 31.7 Å². The van der Waals surface area contributed by atoms with Gasteiger partial charge in [-0.2, -0.15) is 13.2 Å². The average Bonchev–Trinajstić information content (AvgIpc) is 2.82. The topological polar surface area (TPSA) is 69.7 Å². The first-order chi connectivity index (χ1) is 16.5. The van der Waals surface area contributed by atoms with E-state index in [9.17, 15) is 27.6 Å². The third-order valence-corrected chi connectivity index (χ3v) is 6.54. The highest BCUT2D eigenvalue weighted by molar-refractivity contribution is 8.14. The van der Waals surface area contributed by atoms with Gasteiger partial charge in [0.2, 0.25) is 5.12 Å². The van der Waals surface area contributed by atoms with Crippen LogP contribution in [-0.4, -0.2) is 30.9 Å². The number of benzene rings is 2. The number of fused-ring (bicyclic) bond motifs is 1. The van der Waals surface area contributed by atoms with Crippen molar-refractivity contribution >= 4 is 28.4 Å². The van der Waals surface area contributed by atoms with E-state index >= 15 is 0 Å². The summed E-state index contributed by atoms with van der Waals surface area (Å²) in [6, 6.07) is 5.55. The fourth-order valence-corrected chi connectivity index (χ4v) is 4.68. The van der Waals surface area contributed by atoms with Crippen LogP contribution in [0.15, 0.2) is 54.1 Å². The monoisotopic (exact) mass is 504 g/mol. The molecule has 0 amide bonds. The molecule has 0 bridgehead atoms. The van der Waals surface area contributed by atoms with Crippen molar-refractivity contribution in [3.8, 4) is 11.5 Å². The minimum atomic E-state index is -4.51. The number of hydrogen-bond acceptors (Lipinski definition) is 6. The predicted octanol–water partition coefficient (Wildman–Crippen LogP) is 6.63. The van der Waals surface area contributed by atoms with Gasteiger partial charge in [-0.25, -0.2) is 0 Å². The van der Waals surface area contributed by atoms with Crippen LogP contribution in [0, 0.1) is 0 Å². The normalized spacial score (nSPS) is 13.8. The van der Waals surface area contributed by atoms with Crippen molar-refractivity contribution in [2.24, 2.45) is 0 Å². The number of thioether (sulfide) groups is 1. The first-order valence-corrected chi connectivity index (χ1v) is 11.4. The lowest BCUT2D eigenvalue weighted by Gasteiger charge is -2.24. The van der Waals surface area contributed by atoms with Crippen molar-refractivity contribution in [2.75, 3.05) is 14.2 Å². The zero-order valence-electron chi connectivity index (χ0n) is 19.5. The second kappa shape index (κ2) is 10.5. The molecule has 2 aromatic rings. The van der Waals surface area contributed by atoms with Crippen LogP contribution in [0.2, 0.25) is 0 Å². The van der Waals surface area contributed by atoms with Crippen LogP contribution in [0.5, 0.6) is 11.5 Å². The van der Waals surface area contributed by atoms with Crippen LogP contribution in [0.4, 0.5) is 13.2 Å². The molecule has 9 heteroatoms. The summed E-state index contributed by atoms with van der Waals surface area (Å²) in [5.41, 5.74) is 0.832. The van der Waals surface area contributed by atoms with Gasteiger partial charge in [-0.15, -0.1) is 0 Å². The van der Waals surface area contributed by atoms with Crippen LogP contribution in [0.3, 0.4) is 0 Å². The summed E-state index contributed by atoms with van der Waals surface area (Å²) in [6.45, 7) is 3.77. The second-order valence-corrected chi connectivity index (χ2v) is 9.17. The highest BCUT2D eigenvalue weighted by atomic mass is 32.2. The van der Waals surface area contributed by atoms with Gasteiger partial charge in [-0.05, 0) is 62.8 Å². The van der Waals surface area contributed by atoms with Crippen molar-refractivity contribution in [1.82, 2.24) is 0 Å². The van der Waals surface area contributed by atoms with E-state index in [0.29, 0.717) is 12.0 Å². The predicted molar refractivity (Wildman–Crippen MR) is 128 cm³/mol. The van der Waals surface area contributed by atoms with Crippen molar-refractivity contribution in [3.05, 3.63) is 82.0 Å². The van der Waals surface area contributed by atoms with Gasteiger partial charge in [0, 0.05) is 16.4 Å². The lowest BCUT2D eigenvalue weighted by Crippen LogP contribution is -2.17. The Bertz CT molecular complexity index is 1220. The molecule has 0 aromatic heterocycles. The molecule has 1 unspecified atom stereocenters. The molecule has 1 aliphatic rings. The smallest absolute Gasteiger partial charge is 0.416 e. The van der Waals surface area contributed by atoms with E-state index in [1.54, 1.807) is 6.07 Å². The minimum absolute atomic E-state index is 0.0547. The molecular weight excluding hydrogens is 481 g/mol. The van der Waals surface area contributed by atoms with Gasteiger partial charge in [-0.3, -0.25) is 14.4 Å². The molecule has 0 N–H and O–H groups in total. The fraction of sp³-hybridized carbons (Fsp3) is 0.269. The zero-order chi connectivity index (χ0) is 25.9. The standard InChI is InChI=1S/C26H23F3O5S/c1-14(2)5-12-21(35-25(32)15-6-8-16(9-7-15)26(27,28)29)17-13-20(33-3)22-18(30)10-11-19(31)23(22)24(17)34-4/h5-11,13,21H,12H2,1-4H3. The molecule has 5 nitrogen and oxygen atoms in total. The second-order valence-electron chi connectivity index (χ2n) is 8.00. The molecule has 1 atom stereocenters. The number of halogens is 3. The van der Waals surface area contributed by atoms with E-state index in [4.69, 9.17) is 9.47 Å². The molecule has 0 radical (unpaired) electrons. The van der Waals surface area contributed by atoms with Crippen molar-refractivity contribution in [3.63, 3.8) is 0 Å². The molecule has 0 saturated heterocycles. The van der Waals surface area contributed by atoms with E-state index in [2.05, 4.69) is 0 Å². The van der Waals surface area contributed by atoms with Crippen LogP contribution < -0.4 is 9.47 Å². The van der Waals surface area contributed by atoms with E-state index in [1.165, 1.54) is 14.2 Å². The highest BCUT2D eigenvalue weighted by Crippen LogP contribution is 2.46. The molecule has 0 fully saturated rings. The van der Waals surface area contributed by atoms with E-state index in [0.717, 1.165) is 53.8 Å². The molecule has 0 aliphatic heterocycles. The zero-order valence-corrected chi connectivity index (χ0v) is 20.3. The quantitative estimate of drug-likeness (QED) is 0.394. The minimum Gasteiger partial charge on any atom is -0.496 e. The SMILES string of the molecule is COc1cc(C(CC=C(C)C)SC(=O)c2ccc(C(F)(F)F)cc2)c(OC)c2c1C(=O)C=CC2=O. The molecule has 184 valence electrons. The summed E-state index contributed by atoms with van der Waals surface area (Å²) in [5.74, 6) is -0.515. The van der Waals surface area contributed by atoms with Gasteiger partial charge >= 0.3 is 6.18 Å². The third-order valence-electron chi connectivity index (χ3n) is 5.36. The van der Waals surface area contributed by atoms with E-state index < -0.39 is 33.7 Å². The number of carbonyl (C=O) groups is 3. The number of rotatable bonds is 7. The average molecular weight is 505 g/mol. The Morgan fingerprint density at radius 3 is 2.11 bits per heavy atom. The summed E-state index contributed by atoms with van der Waals surface area (Å²) < 4.78 is 49.7. The van der Waals surface area contributed by atoms with Crippen LogP contribution >= 0.6 is 11.8 Å². The summed E-state index contributed by atoms with van der Waals surface area (Å²) >= 11 is 0.893. The molecular formula is C26H23F3O5S. The maximum Gasteiger partial charge on any atom is 0.416 e. The number of hydrogen-bond donors (Lipinski definition) is 0. The number of ketones is 2. The maximum absolute atomic E-state index is 13.1. The third kappa shape index (κ3) is 5.67. The Morgan fingerprint density at radius 2 is 1.60 bits per heavy atom. The molecule has 2 aromatic carbocycles. The molecule has 3 rings (SSSR count). The van der Waals surface area contributed by atoms with Gasteiger partial charge in [-0.1, -0.05) is 23.4 Å². The van der Waals surface area contributed by atoms with E-state index in [-0.39, 0.29) is 28.2 Å². The molecule has 0 saturated carbocycles. The molecule has 0 spiro atoms. The summed E-state index contributed by atoms with van der Waals surface area (Å²) in [4.78, 5) is 38.3. The van der Waals surface area contributed by atoms with Crippen LogP contribution in [-0.2, 0) is 6.18 Å². The van der Waals surface area contributed by atoms with Crippen LogP contribution in [0.1, 0.15) is 67.7 Å². The van der Waals surface area contributed by atoms with Crippen molar-refractivity contribution in [1.29, 1.82) is 0 Å². The molecule has 1 aliphatic carbocycles. The summed E-state index contributed by atoms with van der Waals surface area (Å²) in [6.07, 6.45) is 0.0651. The Balaban J connectivity index is 2.09. The maximum atomic E-state index is 13.1. The lowest BCUT2D eigenvalue weighted by molar-refractivity contribution is -0.137. The van der Waals surface area contributed by atoms with Gasteiger partial charge in [0.25, 0.3) is 0 Å². The number of methoxy groups -OCH3 is 2. The Hall–Kier alpha value is -3.33. The number of ether oxygens (including phenoxy) is 2. The summed E-state index contributed by atoms with van der Waals surface area (Å²) in [5, 5.41) is -1.03. The number of allylic oxidation sites excluding steroid dienone is 4. The lowest BCUT2D eigenvalue weighted by atomic mass is 9.89. The van der Waals surface area contributed by atoms with Gasteiger partial charge in [0.15, 0.2) is 11.6 Å². The highest BCUT2D eigenvalue weighted by Gasteiger charge is 2.33. The van der Waals surface area contributed by atoms with E-state index in [1.807, 2.05) is 19.9 Å². The van der Waals surface area contributed by atoms with Gasteiger partial charge in [0.1, 0.15) is 11.5 Å². The molecule has 0 heterocycles. The number of carbonyl (C=O) groups excluding carboxylic acids is 3. The largest absolute Gasteiger partial charge is 0.496 e. The van der Waals surface area contributed by atoms with Gasteiger partial charge < -0.3 is 9.47 Å². The fourth-order valence-electron chi connectivity index (χ4n) is 3.65. The van der Waals surface area contributed by atoms with Crippen LogP contribution in [0.25, 0.3) is 0 Å². The Labute approximate surface area is 205 Å².